The molecule has 3 aromatic carbocycles. The number of para-hydroxylation sites is 1. The molecule has 3 saturated carbocycles. The number of ether oxygens (including phenoxy) is 1. The van der Waals surface area contributed by atoms with Gasteiger partial charge in [-0.15, -0.1) is 0 Å². The molecule has 0 aromatic heterocycles. The van der Waals surface area contributed by atoms with Crippen molar-refractivity contribution in [1.29, 1.82) is 0 Å². The summed E-state index contributed by atoms with van der Waals surface area (Å²) in [5, 5.41) is 19.1. The number of hydrogen-bond donors (Lipinski definition) is 4. The summed E-state index contributed by atoms with van der Waals surface area (Å²) in [6.07, 6.45) is 1.57. The molecule has 1 saturated heterocycles. The van der Waals surface area contributed by atoms with Crippen molar-refractivity contribution in [3.8, 4) is 16.9 Å². The molecule has 52 heavy (non-hydrogen) atoms. The fourth-order valence-electron chi connectivity index (χ4n) is 9.10. The second-order valence-corrected chi connectivity index (χ2v) is 15.9. The van der Waals surface area contributed by atoms with E-state index in [1.54, 1.807) is 19.1 Å². The van der Waals surface area contributed by atoms with Gasteiger partial charge in [0.1, 0.15) is 11.8 Å². The summed E-state index contributed by atoms with van der Waals surface area (Å²) in [6, 6.07) is 21.1. The molecule has 0 spiro atoms. The van der Waals surface area contributed by atoms with Crippen molar-refractivity contribution in [3.63, 3.8) is 0 Å². The predicted molar refractivity (Wildman–Crippen MR) is 205 cm³/mol. The Bertz CT molecular complexity index is 1730. The average molecular weight is 712 g/mol. The van der Waals surface area contributed by atoms with Gasteiger partial charge >= 0.3 is 0 Å². The molecule has 280 valence electrons. The topological polar surface area (TPSA) is 129 Å². The van der Waals surface area contributed by atoms with Gasteiger partial charge < -0.3 is 31.1 Å². The minimum atomic E-state index is -0.815. The zero-order chi connectivity index (χ0) is 37.3. The van der Waals surface area contributed by atoms with Crippen molar-refractivity contribution < 1.29 is 24.3 Å². The smallest absolute Gasteiger partial charge is 0.251 e. The van der Waals surface area contributed by atoms with Crippen molar-refractivity contribution in [3.05, 3.63) is 83.4 Å². The number of methoxy groups -OCH3 is 1. The van der Waals surface area contributed by atoms with E-state index in [4.69, 9.17) is 15.3 Å². The van der Waals surface area contributed by atoms with Gasteiger partial charge in [-0.25, -0.2) is 0 Å². The Morgan fingerprint density at radius 3 is 2.48 bits per heavy atom. The van der Waals surface area contributed by atoms with Crippen molar-refractivity contribution in [2.75, 3.05) is 39.2 Å². The number of carbonyl (C=O) groups excluding carboxylic acids is 2. The van der Waals surface area contributed by atoms with Crippen LogP contribution in [-0.4, -0.2) is 80.6 Å². The van der Waals surface area contributed by atoms with Crippen LogP contribution in [0.3, 0.4) is 0 Å². The lowest BCUT2D eigenvalue weighted by Crippen LogP contribution is -2.62. The Balaban J connectivity index is 1.26. The molecule has 3 aromatic rings. The number of hydroxylamine groups is 2. The number of hydrogen-bond acceptors (Lipinski definition) is 8. The van der Waals surface area contributed by atoms with E-state index < -0.39 is 24.2 Å². The third-order valence-corrected chi connectivity index (χ3v) is 12.3. The van der Waals surface area contributed by atoms with Crippen molar-refractivity contribution in [2.24, 2.45) is 34.8 Å². The quantitative estimate of drug-likeness (QED) is 0.195. The molecule has 5 N–H and O–H groups in total. The summed E-state index contributed by atoms with van der Waals surface area (Å²) in [5.74, 6) is 1.35. The van der Waals surface area contributed by atoms with Gasteiger partial charge in [0.2, 0.25) is 5.91 Å². The number of nitrogens with two attached hydrogens (primary N) is 1. The molecule has 1 heterocycles. The normalized spacial score (nSPS) is 27.0. The van der Waals surface area contributed by atoms with Crippen LogP contribution in [0.5, 0.6) is 5.75 Å². The van der Waals surface area contributed by atoms with Crippen LogP contribution in [-0.2, 0) is 22.6 Å². The van der Waals surface area contributed by atoms with E-state index in [2.05, 4.69) is 43.5 Å². The predicted octanol–water partition coefficient (Wildman–Crippen LogP) is 5.03. The summed E-state index contributed by atoms with van der Waals surface area (Å²) in [6.45, 7) is 9.57. The number of rotatable bonds is 13. The zero-order valence-electron chi connectivity index (χ0n) is 31.8. The number of nitrogens with one attached hydrogen (secondary N) is 2. The van der Waals surface area contributed by atoms with Crippen LogP contribution in [0.15, 0.2) is 66.7 Å². The molecule has 2 bridgehead atoms. The van der Waals surface area contributed by atoms with Crippen LogP contribution in [0.1, 0.15) is 62.0 Å². The Morgan fingerprint density at radius 2 is 1.85 bits per heavy atom. The molecule has 10 heteroatoms. The number of aliphatic hydroxyl groups is 1. The third kappa shape index (κ3) is 7.44. The lowest BCUT2D eigenvalue weighted by Gasteiger charge is -2.62. The van der Waals surface area contributed by atoms with Crippen LogP contribution in [0.4, 0.5) is 5.69 Å². The summed E-state index contributed by atoms with van der Waals surface area (Å²) in [5.41, 5.74) is 11.5. The maximum absolute atomic E-state index is 14.3. The Kier molecular flexibility index (Phi) is 11.3. The highest BCUT2D eigenvalue weighted by Gasteiger charge is 2.57. The lowest BCUT2D eigenvalue weighted by molar-refractivity contribution is -0.175. The SMILES string of the molecule is COc1c(CN2O[C@@H](CN)[C@@H]([C@H](C)O)[C@H]2C(=O)N[C@H]2C[C@@H]3C[C@H]([C@@H]2C)C3(C)C)cccc1-c1cc(C(=O)NCCc2ccccc2)cc(N(C)C)c1. The van der Waals surface area contributed by atoms with Gasteiger partial charge in [-0.3, -0.25) is 14.4 Å². The van der Waals surface area contributed by atoms with Gasteiger partial charge in [0.15, 0.2) is 0 Å². The number of aliphatic hydroxyl groups excluding tert-OH is 1. The molecule has 10 nitrogen and oxygen atoms in total. The number of benzene rings is 3. The molecule has 4 fully saturated rings. The molecule has 4 aliphatic rings. The second kappa shape index (κ2) is 15.6. The van der Waals surface area contributed by atoms with E-state index in [0.717, 1.165) is 40.8 Å². The molecule has 2 amide bonds. The Hall–Kier alpha value is -3.96. The Morgan fingerprint density at radius 1 is 1.10 bits per heavy atom. The molecular formula is C42H57N5O5. The maximum Gasteiger partial charge on any atom is 0.251 e. The Labute approximate surface area is 309 Å². The average Bonchev–Trinajstić information content (AvgIpc) is 3.51. The first-order chi connectivity index (χ1) is 24.8. The van der Waals surface area contributed by atoms with Gasteiger partial charge in [0, 0.05) is 61.5 Å². The molecule has 0 unspecified atom stereocenters. The van der Waals surface area contributed by atoms with Gasteiger partial charge in [-0.05, 0) is 78.7 Å². The van der Waals surface area contributed by atoms with Crippen LogP contribution in [0.25, 0.3) is 11.1 Å². The van der Waals surface area contributed by atoms with Crippen molar-refractivity contribution in [1.82, 2.24) is 15.7 Å². The lowest BCUT2D eigenvalue weighted by atomic mass is 9.45. The molecule has 1 aliphatic heterocycles. The first-order valence-electron chi connectivity index (χ1n) is 18.8. The van der Waals surface area contributed by atoms with E-state index in [1.807, 2.05) is 73.6 Å². The molecule has 8 atom stereocenters. The van der Waals surface area contributed by atoms with Crippen molar-refractivity contribution >= 4 is 17.5 Å². The van der Waals surface area contributed by atoms with Gasteiger partial charge in [-0.2, -0.15) is 5.06 Å². The van der Waals surface area contributed by atoms with Crippen molar-refractivity contribution in [2.45, 2.75) is 77.8 Å². The first kappa shape index (κ1) is 37.8. The fourth-order valence-corrected chi connectivity index (χ4v) is 9.10. The van der Waals surface area contributed by atoms with E-state index in [-0.39, 0.29) is 30.9 Å². The molecule has 7 rings (SSSR count). The standard InChI is InChI=1S/C42H57N5O5/c1-25-34-21-31(42(34,3)4)22-35(25)45-41(50)38-37(26(2)48)36(23-43)52-47(38)24-28-14-11-15-33(39(28)51-7)29-18-30(20-32(19-29)46(5)6)40(49)44-17-16-27-12-9-8-10-13-27/h8-15,18-20,25-26,31,34-38,48H,16-17,21-24,43H2,1-7H3,(H,44,49)(H,45,50)/t25-,26-,31-,34+,35-,36-,37+,38-/m0/s1. The van der Waals surface area contributed by atoms with Gasteiger partial charge in [0.05, 0.1) is 25.9 Å². The number of nitrogens with zero attached hydrogens (tertiary/aromatic N) is 2. The highest BCUT2D eigenvalue weighted by molar-refractivity contribution is 5.97. The van der Waals surface area contributed by atoms with Crippen LogP contribution < -0.4 is 26.0 Å². The number of fused-ring (bicyclic) bond motifs is 2. The second-order valence-electron chi connectivity index (χ2n) is 15.9. The molecule has 3 aliphatic carbocycles. The van der Waals surface area contributed by atoms with Crippen LogP contribution >= 0.6 is 0 Å². The maximum atomic E-state index is 14.3. The summed E-state index contributed by atoms with van der Waals surface area (Å²) in [4.78, 5) is 36.1. The highest BCUT2D eigenvalue weighted by Crippen LogP contribution is 2.61. The zero-order valence-corrected chi connectivity index (χ0v) is 31.8. The molecular weight excluding hydrogens is 654 g/mol. The summed E-state index contributed by atoms with van der Waals surface area (Å²) >= 11 is 0. The number of carbonyl (C=O) groups is 2. The summed E-state index contributed by atoms with van der Waals surface area (Å²) in [7, 11) is 5.53. The van der Waals surface area contributed by atoms with Crippen LogP contribution in [0, 0.1) is 29.1 Å². The minimum Gasteiger partial charge on any atom is -0.496 e. The monoisotopic (exact) mass is 711 g/mol. The van der Waals surface area contributed by atoms with E-state index >= 15 is 0 Å². The van der Waals surface area contributed by atoms with E-state index in [9.17, 15) is 14.7 Å². The van der Waals surface area contributed by atoms with E-state index in [0.29, 0.717) is 41.0 Å². The third-order valence-electron chi connectivity index (χ3n) is 12.3. The van der Waals surface area contributed by atoms with Gasteiger partial charge in [0.25, 0.3) is 5.91 Å². The summed E-state index contributed by atoms with van der Waals surface area (Å²) < 4.78 is 6.08. The fraction of sp³-hybridized carbons (Fsp3) is 0.524. The van der Waals surface area contributed by atoms with Crippen LogP contribution in [0.2, 0.25) is 0 Å². The van der Waals surface area contributed by atoms with E-state index in [1.165, 1.54) is 6.42 Å². The molecule has 0 radical (unpaired) electrons. The highest BCUT2D eigenvalue weighted by atomic mass is 16.7. The van der Waals surface area contributed by atoms with Gasteiger partial charge in [-0.1, -0.05) is 69.3 Å². The number of amides is 2. The minimum absolute atomic E-state index is 0.0734. The largest absolute Gasteiger partial charge is 0.496 e. The first-order valence-corrected chi connectivity index (χ1v) is 18.8. The number of anilines is 1.